The summed E-state index contributed by atoms with van der Waals surface area (Å²) in [7, 11) is 5.23. The van der Waals surface area contributed by atoms with Gasteiger partial charge in [0.15, 0.2) is 24.3 Å². The van der Waals surface area contributed by atoms with Crippen molar-refractivity contribution in [1.82, 2.24) is 4.90 Å². The Morgan fingerprint density at radius 3 is 2.23 bits per heavy atom. The van der Waals surface area contributed by atoms with Crippen LogP contribution in [0.2, 0.25) is 0 Å². The molecule has 2 aliphatic rings. The fourth-order valence-electron chi connectivity index (χ4n) is 7.64. The summed E-state index contributed by atoms with van der Waals surface area (Å²) in [6.07, 6.45) is 4.90. The molecule has 0 aromatic carbocycles. The van der Waals surface area contributed by atoms with E-state index in [1.807, 2.05) is 64.9 Å². The summed E-state index contributed by atoms with van der Waals surface area (Å²) >= 11 is 0. The number of aliphatic hydroxyl groups excluding tert-OH is 1. The average Bonchev–Trinajstić information content (AvgIpc) is 3.09. The predicted octanol–water partition coefficient (Wildman–Crippen LogP) is 5.32. The first kappa shape index (κ1) is 49.4. The monoisotopic (exact) mass is 797 g/mol. The van der Waals surface area contributed by atoms with Crippen LogP contribution in [0.5, 0.6) is 0 Å². The van der Waals surface area contributed by atoms with Gasteiger partial charge in [-0.2, -0.15) is 0 Å². The number of likely N-dealkylation sites (N-methyl/N-ethyl adjacent to an activating group) is 1. The lowest BCUT2D eigenvalue weighted by molar-refractivity contribution is -0.340. The molecule has 0 aromatic heterocycles. The number of nitrogens with zero attached hydrogens (tertiary/aromatic N) is 1. The molecule has 1 N–H and O–H groups in total. The van der Waals surface area contributed by atoms with E-state index in [0.717, 1.165) is 6.29 Å². The minimum atomic E-state index is -1.22. The molecule has 15 atom stereocenters. The van der Waals surface area contributed by atoms with Crippen LogP contribution in [0.3, 0.4) is 0 Å². The van der Waals surface area contributed by atoms with E-state index in [4.69, 9.17) is 37.9 Å². The number of methoxy groups -OCH3 is 1. The van der Waals surface area contributed by atoms with E-state index < -0.39 is 66.7 Å². The van der Waals surface area contributed by atoms with Crippen molar-refractivity contribution in [2.24, 2.45) is 17.8 Å². The predicted molar refractivity (Wildman–Crippen MR) is 209 cm³/mol. The third-order valence-corrected chi connectivity index (χ3v) is 10.8. The molecule has 0 bridgehead atoms. The maximum atomic E-state index is 12.1. The van der Waals surface area contributed by atoms with E-state index in [9.17, 15) is 24.3 Å². The second kappa shape index (κ2) is 23.6. The first-order valence-electron chi connectivity index (χ1n) is 20.1. The third-order valence-electron chi connectivity index (χ3n) is 10.8. The van der Waals surface area contributed by atoms with Gasteiger partial charge in [-0.15, -0.1) is 0 Å². The lowest BCUT2D eigenvalue weighted by atomic mass is 9.82. The SMILES string of the molecule is CCC(OC1OC(C)C(OC2CC(C)(OC(C)=O)C(OC(C)=O)C(C)O2)C(N(C)C)C1O)C(CC=O)CC(C)C(C)/C=C/C=C/CC(C)OC(=O)CC(C)OC. The van der Waals surface area contributed by atoms with Gasteiger partial charge in [-0.05, 0) is 79.3 Å². The quantitative estimate of drug-likeness (QED) is 0.0648. The zero-order valence-corrected chi connectivity index (χ0v) is 36.0. The molecule has 2 fully saturated rings. The Bertz CT molecular complexity index is 1290. The zero-order valence-electron chi connectivity index (χ0n) is 36.0. The van der Waals surface area contributed by atoms with Gasteiger partial charge in [0.05, 0.1) is 36.9 Å². The molecule has 0 aromatic rings. The van der Waals surface area contributed by atoms with Gasteiger partial charge in [0, 0.05) is 40.2 Å². The molecule has 2 saturated heterocycles. The van der Waals surface area contributed by atoms with Gasteiger partial charge in [-0.1, -0.05) is 45.1 Å². The number of hydrogen-bond donors (Lipinski definition) is 1. The fourth-order valence-corrected chi connectivity index (χ4v) is 7.64. The molecule has 0 radical (unpaired) electrons. The molecular weight excluding hydrogens is 726 g/mol. The fraction of sp³-hybridized carbons (Fsp3) is 0.810. The standard InChI is InChI=1S/C42H71NO13/c1-14-34(33(20-21-44)22-26(3)25(2)18-16-15-17-19-27(4)50-35(47)23-28(5)49-13)54-41-38(48)37(43(11)12)39(29(6)52-41)55-36-24-42(10,56-32(9)46)40(30(7)51-36)53-31(8)45/h15-18,21,25-30,33-34,36-41,48H,14,19-20,22-24H2,1-13H3/b17-15+,18-16+. The third kappa shape index (κ3) is 15.2. The molecule has 14 nitrogen and oxygen atoms in total. The number of rotatable bonds is 22. The van der Waals surface area contributed by atoms with Crippen molar-refractivity contribution in [2.45, 2.75) is 181 Å². The highest BCUT2D eigenvalue weighted by molar-refractivity contribution is 5.70. The van der Waals surface area contributed by atoms with Crippen LogP contribution < -0.4 is 0 Å². The molecule has 322 valence electrons. The zero-order chi connectivity index (χ0) is 42.3. The number of aliphatic hydroxyl groups is 1. The van der Waals surface area contributed by atoms with Gasteiger partial charge in [-0.25, -0.2) is 0 Å². The number of ether oxygens (including phenoxy) is 8. The largest absolute Gasteiger partial charge is 0.462 e. The number of carbonyl (C=O) groups is 4. The minimum absolute atomic E-state index is 0.0765. The Morgan fingerprint density at radius 1 is 0.982 bits per heavy atom. The van der Waals surface area contributed by atoms with Gasteiger partial charge in [-0.3, -0.25) is 14.4 Å². The van der Waals surface area contributed by atoms with Crippen molar-refractivity contribution in [1.29, 1.82) is 0 Å². The highest BCUT2D eigenvalue weighted by Crippen LogP contribution is 2.38. The summed E-state index contributed by atoms with van der Waals surface area (Å²) < 4.78 is 47.3. The van der Waals surface area contributed by atoms with Crippen LogP contribution in [0.15, 0.2) is 24.3 Å². The minimum Gasteiger partial charge on any atom is -0.462 e. The van der Waals surface area contributed by atoms with E-state index in [-0.39, 0.29) is 54.9 Å². The molecule has 56 heavy (non-hydrogen) atoms. The van der Waals surface area contributed by atoms with Crippen LogP contribution in [0, 0.1) is 17.8 Å². The van der Waals surface area contributed by atoms with E-state index in [1.165, 1.54) is 13.8 Å². The number of aldehydes is 1. The lowest BCUT2D eigenvalue weighted by Gasteiger charge is -2.50. The van der Waals surface area contributed by atoms with Crippen molar-refractivity contribution in [3.63, 3.8) is 0 Å². The number of hydrogen-bond acceptors (Lipinski definition) is 14. The molecule has 14 heteroatoms. The van der Waals surface area contributed by atoms with Crippen LogP contribution >= 0.6 is 0 Å². The summed E-state index contributed by atoms with van der Waals surface area (Å²) in [5.41, 5.74) is -1.22. The molecule has 2 heterocycles. The van der Waals surface area contributed by atoms with Gasteiger partial charge in [0.25, 0.3) is 0 Å². The van der Waals surface area contributed by atoms with Crippen molar-refractivity contribution in [3.05, 3.63) is 24.3 Å². The smallest absolute Gasteiger partial charge is 0.308 e. The number of allylic oxidation sites excluding steroid dienone is 3. The molecular formula is C42H71NO13. The van der Waals surface area contributed by atoms with Crippen LogP contribution in [0.25, 0.3) is 0 Å². The maximum Gasteiger partial charge on any atom is 0.308 e. The molecule has 2 rings (SSSR count). The van der Waals surface area contributed by atoms with Crippen molar-refractivity contribution in [3.8, 4) is 0 Å². The second-order valence-corrected chi connectivity index (χ2v) is 16.1. The van der Waals surface area contributed by atoms with E-state index in [2.05, 4.69) is 19.9 Å². The van der Waals surface area contributed by atoms with Crippen LogP contribution in [0.1, 0.15) is 108 Å². The first-order chi connectivity index (χ1) is 26.3. The lowest BCUT2D eigenvalue weighted by Crippen LogP contribution is -2.65. The summed E-state index contributed by atoms with van der Waals surface area (Å²) in [5.74, 6) is -1.05. The van der Waals surface area contributed by atoms with E-state index in [0.29, 0.717) is 25.7 Å². The average molecular weight is 798 g/mol. The van der Waals surface area contributed by atoms with Gasteiger partial charge >= 0.3 is 17.9 Å². The Kier molecular flexibility index (Phi) is 20.9. The first-order valence-corrected chi connectivity index (χ1v) is 20.1. The van der Waals surface area contributed by atoms with Crippen molar-refractivity contribution in [2.75, 3.05) is 21.2 Å². The van der Waals surface area contributed by atoms with Crippen molar-refractivity contribution < 1.29 is 62.2 Å². The Hall–Kier alpha value is -2.72. The van der Waals surface area contributed by atoms with Crippen LogP contribution in [-0.2, 0) is 57.1 Å². The van der Waals surface area contributed by atoms with E-state index >= 15 is 0 Å². The Morgan fingerprint density at radius 2 is 1.66 bits per heavy atom. The van der Waals surface area contributed by atoms with Crippen molar-refractivity contribution >= 4 is 24.2 Å². The summed E-state index contributed by atoms with van der Waals surface area (Å²) in [6.45, 7) is 17.8. The maximum absolute atomic E-state index is 12.1. The molecule has 0 saturated carbocycles. The molecule has 0 aliphatic carbocycles. The normalized spacial score (nSPS) is 31.7. The molecule has 0 amide bonds. The Balaban J connectivity index is 2.10. The molecule has 2 aliphatic heterocycles. The summed E-state index contributed by atoms with van der Waals surface area (Å²) in [4.78, 5) is 49.8. The topological polar surface area (TPSA) is 166 Å². The number of carbonyl (C=O) groups excluding carboxylic acids is 4. The van der Waals surface area contributed by atoms with Crippen LogP contribution in [-0.4, -0.2) is 128 Å². The Labute approximate surface area is 334 Å². The van der Waals surface area contributed by atoms with Gasteiger partial charge < -0.3 is 52.7 Å². The highest BCUT2D eigenvalue weighted by atomic mass is 16.7. The highest BCUT2D eigenvalue weighted by Gasteiger charge is 2.53. The molecule has 15 unspecified atom stereocenters. The summed E-state index contributed by atoms with van der Waals surface area (Å²) in [5, 5.41) is 11.8. The van der Waals surface area contributed by atoms with Crippen LogP contribution in [0.4, 0.5) is 0 Å². The summed E-state index contributed by atoms with van der Waals surface area (Å²) in [6, 6.07) is -0.581. The van der Waals surface area contributed by atoms with E-state index in [1.54, 1.807) is 21.0 Å². The molecule has 0 spiro atoms. The second-order valence-electron chi connectivity index (χ2n) is 16.1. The van der Waals surface area contributed by atoms with Gasteiger partial charge in [0.2, 0.25) is 0 Å². The van der Waals surface area contributed by atoms with Gasteiger partial charge in [0.1, 0.15) is 24.6 Å². The number of esters is 3.